The summed E-state index contributed by atoms with van der Waals surface area (Å²) in [5.41, 5.74) is 5.31. The summed E-state index contributed by atoms with van der Waals surface area (Å²) < 4.78 is 20.8. The number of benzene rings is 1. The predicted molar refractivity (Wildman–Crippen MR) is 46.8 cm³/mol. The molecule has 0 aliphatic rings. The first-order valence-electron chi connectivity index (χ1n) is 3.35. The topological polar surface area (TPSA) is 95.2 Å². The Hall–Kier alpha value is -0.400. The van der Waals surface area contributed by atoms with Crippen LogP contribution in [0.1, 0.15) is 0 Å². The molecule has 0 fully saturated rings. The number of nitrogens with one attached hydrogen (secondary N) is 1. The number of hydrogen-bond donors (Lipinski definition) is 2. The Labute approximate surface area is 106 Å². The molecule has 0 bridgehead atoms. The van der Waals surface area contributed by atoms with Crippen LogP contribution in [-0.4, -0.2) is 14.8 Å². The minimum absolute atomic E-state index is 0. The third-order valence-electron chi connectivity index (χ3n) is 1.31. The van der Waals surface area contributed by atoms with E-state index < -0.39 is 17.1 Å². The molecule has 0 saturated carbocycles. The van der Waals surface area contributed by atoms with Crippen LogP contribution in [0.25, 0.3) is 0 Å². The quantitative estimate of drug-likeness (QED) is 0.425. The molecule has 0 heterocycles. The summed E-state index contributed by atoms with van der Waals surface area (Å²) in [5.74, 6) is 0. The van der Waals surface area contributed by atoms with Gasteiger partial charge in [0, 0.05) is 10.6 Å². The van der Waals surface area contributed by atoms with Crippen molar-refractivity contribution < 1.29 is 43.1 Å². The van der Waals surface area contributed by atoms with Crippen molar-refractivity contribution in [3.8, 4) is 0 Å². The van der Waals surface area contributed by atoms with Gasteiger partial charge in [-0.25, -0.2) is 4.79 Å². The molecule has 14 heavy (non-hydrogen) atoms. The Morgan fingerprint density at radius 2 is 1.86 bits per heavy atom. The summed E-state index contributed by atoms with van der Waals surface area (Å²) in [6.07, 6.45) is 0. The normalized spacial score (nSPS) is 11.2. The van der Waals surface area contributed by atoms with Crippen LogP contribution in [0.2, 0.25) is 0 Å². The molecular weight excluding hydrogens is 215 g/mol. The van der Waals surface area contributed by atoms with Gasteiger partial charge in [-0.2, -0.15) is 0 Å². The van der Waals surface area contributed by atoms with E-state index in [9.17, 15) is 13.6 Å². The molecule has 0 spiro atoms. The predicted octanol–water partition coefficient (Wildman–Crippen LogP) is -2.58. The van der Waals surface area contributed by atoms with E-state index in [1.807, 2.05) is 0 Å². The van der Waals surface area contributed by atoms with Crippen LogP contribution in [0.5, 0.6) is 0 Å². The zero-order valence-electron chi connectivity index (χ0n) is 7.52. The van der Waals surface area contributed by atoms with Crippen LogP contribution in [0.15, 0.2) is 29.2 Å². The number of nitrogens with two attached hydrogens (primary N) is 1. The van der Waals surface area contributed by atoms with E-state index >= 15 is 0 Å². The van der Waals surface area contributed by atoms with Crippen LogP contribution in [-0.2, 0) is 11.1 Å². The average molecular weight is 222 g/mol. The van der Waals surface area contributed by atoms with Crippen molar-refractivity contribution in [2.75, 3.05) is 5.32 Å². The van der Waals surface area contributed by atoms with E-state index in [0.717, 1.165) is 0 Å². The van der Waals surface area contributed by atoms with Crippen molar-refractivity contribution in [1.82, 2.24) is 0 Å². The van der Waals surface area contributed by atoms with Gasteiger partial charge < -0.3 is 15.6 Å². The molecule has 3 N–H and O–H groups in total. The number of urea groups is 1. The SMILES string of the molecule is NC(=O)Nc1ccc(S(=O)[O-])cc1.[Na+]. The zero-order valence-corrected chi connectivity index (χ0v) is 10.3. The first-order valence-corrected chi connectivity index (χ1v) is 4.43. The molecule has 5 nitrogen and oxygen atoms in total. The Bertz CT molecular complexity index is 341. The number of primary amides is 1. The number of anilines is 1. The van der Waals surface area contributed by atoms with E-state index in [1.54, 1.807) is 0 Å². The van der Waals surface area contributed by atoms with Crippen LogP contribution in [0, 0.1) is 0 Å². The van der Waals surface area contributed by atoms with Gasteiger partial charge in [0.1, 0.15) is 0 Å². The summed E-state index contributed by atoms with van der Waals surface area (Å²) in [4.78, 5) is 10.5. The molecule has 7 heteroatoms. The maximum absolute atomic E-state index is 10.4. The van der Waals surface area contributed by atoms with Gasteiger partial charge in [-0.15, -0.1) is 0 Å². The fourth-order valence-electron chi connectivity index (χ4n) is 0.792. The number of carbonyl (C=O) groups is 1. The fraction of sp³-hybridized carbons (Fsp3) is 0. The van der Waals surface area contributed by atoms with Crippen LogP contribution >= 0.6 is 0 Å². The summed E-state index contributed by atoms with van der Waals surface area (Å²) in [7, 11) is 0. The molecule has 0 radical (unpaired) electrons. The Kier molecular flexibility index (Phi) is 5.98. The molecule has 0 aliphatic carbocycles. The largest absolute Gasteiger partial charge is 1.00 e. The van der Waals surface area contributed by atoms with Crippen molar-refractivity contribution in [3.63, 3.8) is 0 Å². The molecule has 1 aromatic carbocycles. The van der Waals surface area contributed by atoms with Crippen LogP contribution in [0.4, 0.5) is 10.5 Å². The van der Waals surface area contributed by atoms with Gasteiger partial charge in [-0.3, -0.25) is 4.21 Å². The number of amides is 2. The molecule has 1 atom stereocenters. The number of carbonyl (C=O) groups excluding carboxylic acids is 1. The summed E-state index contributed by atoms with van der Waals surface area (Å²) in [5, 5.41) is 2.31. The second kappa shape index (κ2) is 6.15. The van der Waals surface area contributed by atoms with Crippen molar-refractivity contribution >= 4 is 22.8 Å². The van der Waals surface area contributed by atoms with Gasteiger partial charge in [-0.05, 0) is 35.3 Å². The van der Waals surface area contributed by atoms with Gasteiger partial charge in [0.15, 0.2) is 0 Å². The van der Waals surface area contributed by atoms with Gasteiger partial charge in [0.2, 0.25) is 0 Å². The summed E-state index contributed by atoms with van der Waals surface area (Å²) >= 11 is -2.24. The Morgan fingerprint density at radius 1 is 1.36 bits per heavy atom. The molecule has 0 saturated heterocycles. The minimum Gasteiger partial charge on any atom is -0.768 e. The van der Waals surface area contributed by atoms with Crippen molar-refractivity contribution in [3.05, 3.63) is 24.3 Å². The molecule has 0 aliphatic heterocycles. The molecular formula is C7H7N2NaO3S. The number of hydrogen-bond acceptors (Lipinski definition) is 3. The second-order valence-corrected chi connectivity index (χ2v) is 3.19. The first-order chi connectivity index (χ1) is 6.09. The van der Waals surface area contributed by atoms with Gasteiger partial charge >= 0.3 is 35.6 Å². The van der Waals surface area contributed by atoms with E-state index in [4.69, 9.17) is 5.73 Å². The summed E-state index contributed by atoms with van der Waals surface area (Å²) in [6.45, 7) is 0. The maximum atomic E-state index is 10.4. The molecule has 1 unspecified atom stereocenters. The maximum Gasteiger partial charge on any atom is 1.00 e. The first kappa shape index (κ1) is 13.6. The molecule has 2 amide bonds. The Balaban J connectivity index is 0.00000169. The Morgan fingerprint density at radius 3 is 2.21 bits per heavy atom. The molecule has 1 rings (SSSR count). The second-order valence-electron chi connectivity index (χ2n) is 2.25. The van der Waals surface area contributed by atoms with E-state index in [-0.39, 0.29) is 34.5 Å². The molecule has 1 aromatic rings. The third kappa shape index (κ3) is 4.21. The third-order valence-corrected chi connectivity index (χ3v) is 1.97. The standard InChI is InChI=1S/C7H8N2O3S.Na/c8-7(10)9-5-1-3-6(4-2-5)13(11)12;/h1-4H,(H,11,12)(H3,8,9,10);/q;+1/p-1. The van der Waals surface area contributed by atoms with E-state index in [2.05, 4.69) is 5.32 Å². The van der Waals surface area contributed by atoms with Crippen molar-refractivity contribution in [1.29, 1.82) is 0 Å². The van der Waals surface area contributed by atoms with E-state index in [0.29, 0.717) is 5.69 Å². The van der Waals surface area contributed by atoms with E-state index in [1.165, 1.54) is 24.3 Å². The fourth-order valence-corrected chi connectivity index (χ4v) is 1.15. The van der Waals surface area contributed by atoms with Crippen molar-refractivity contribution in [2.45, 2.75) is 4.90 Å². The van der Waals surface area contributed by atoms with Crippen LogP contribution in [0.3, 0.4) is 0 Å². The molecule has 0 aromatic heterocycles. The average Bonchev–Trinajstić information content (AvgIpc) is 2.04. The van der Waals surface area contributed by atoms with Gasteiger partial charge in [0.25, 0.3) is 0 Å². The number of rotatable bonds is 2. The minimum atomic E-state index is -2.24. The smallest absolute Gasteiger partial charge is 0.768 e. The van der Waals surface area contributed by atoms with Gasteiger partial charge in [0.05, 0.1) is 0 Å². The van der Waals surface area contributed by atoms with Crippen LogP contribution < -0.4 is 40.6 Å². The monoisotopic (exact) mass is 222 g/mol. The zero-order chi connectivity index (χ0) is 9.84. The van der Waals surface area contributed by atoms with Crippen molar-refractivity contribution in [2.24, 2.45) is 5.73 Å². The van der Waals surface area contributed by atoms with Gasteiger partial charge in [-0.1, -0.05) is 0 Å². The summed E-state index contributed by atoms with van der Waals surface area (Å²) in [6, 6.07) is 4.96. The molecule has 70 valence electrons.